The van der Waals surface area contributed by atoms with Gasteiger partial charge in [0.2, 0.25) is 0 Å². The minimum absolute atomic E-state index is 0.285. The summed E-state index contributed by atoms with van der Waals surface area (Å²) in [5.41, 5.74) is 1.21. The van der Waals surface area contributed by atoms with Crippen LogP contribution < -0.4 is 4.74 Å². The van der Waals surface area contributed by atoms with Crippen molar-refractivity contribution in [2.24, 2.45) is 5.92 Å². The van der Waals surface area contributed by atoms with Crippen molar-refractivity contribution in [1.29, 1.82) is 0 Å². The molecule has 0 spiro atoms. The maximum Gasteiger partial charge on any atom is 0.150 e. The fourth-order valence-corrected chi connectivity index (χ4v) is 4.16. The highest BCUT2D eigenvalue weighted by Gasteiger charge is 2.15. The number of rotatable bonds is 9. The van der Waals surface area contributed by atoms with Crippen LogP contribution in [-0.4, -0.2) is 32.4 Å². The van der Waals surface area contributed by atoms with Crippen molar-refractivity contribution in [2.45, 2.75) is 26.2 Å². The molecule has 0 bridgehead atoms. The fourth-order valence-electron chi connectivity index (χ4n) is 2.09. The molecule has 20 heavy (non-hydrogen) atoms. The molecule has 0 N–H and O–H groups in total. The predicted octanol–water partition coefficient (Wildman–Crippen LogP) is 3.46. The van der Waals surface area contributed by atoms with E-state index in [0.29, 0.717) is 24.5 Å². The van der Waals surface area contributed by atoms with Gasteiger partial charge in [-0.1, -0.05) is 35.0 Å². The minimum atomic E-state index is -2.88. The third-order valence-electron chi connectivity index (χ3n) is 3.25. The highest BCUT2D eigenvalue weighted by atomic mass is 79.9. The van der Waals surface area contributed by atoms with Crippen LogP contribution in [0.15, 0.2) is 24.3 Å². The van der Waals surface area contributed by atoms with Crippen LogP contribution in [0.1, 0.15) is 25.3 Å². The molecule has 1 atom stereocenters. The SMILES string of the molecule is CCCS(=O)(=O)CCC(CBr)Cc1ccc(OC)cc1. The Morgan fingerprint density at radius 2 is 1.85 bits per heavy atom. The lowest BCUT2D eigenvalue weighted by Crippen LogP contribution is -2.16. The molecule has 0 aliphatic heterocycles. The molecule has 1 unspecified atom stereocenters. The number of hydrogen-bond acceptors (Lipinski definition) is 3. The van der Waals surface area contributed by atoms with Crippen LogP contribution in [0, 0.1) is 5.92 Å². The summed E-state index contributed by atoms with van der Waals surface area (Å²) in [5, 5.41) is 0.820. The molecule has 114 valence electrons. The van der Waals surface area contributed by atoms with Crippen LogP contribution in [0.25, 0.3) is 0 Å². The van der Waals surface area contributed by atoms with Crippen LogP contribution in [0.5, 0.6) is 5.75 Å². The number of halogens is 1. The smallest absolute Gasteiger partial charge is 0.150 e. The van der Waals surface area contributed by atoms with E-state index >= 15 is 0 Å². The molecule has 0 saturated carbocycles. The van der Waals surface area contributed by atoms with Gasteiger partial charge in [0.15, 0.2) is 0 Å². The highest BCUT2D eigenvalue weighted by Crippen LogP contribution is 2.19. The third kappa shape index (κ3) is 6.27. The van der Waals surface area contributed by atoms with E-state index in [9.17, 15) is 8.42 Å². The summed E-state index contributed by atoms with van der Waals surface area (Å²) in [5.74, 6) is 1.77. The summed E-state index contributed by atoms with van der Waals surface area (Å²) in [6, 6.07) is 7.95. The Labute approximate surface area is 130 Å². The van der Waals surface area contributed by atoms with E-state index in [1.54, 1.807) is 7.11 Å². The molecular formula is C15H23BrO3S. The predicted molar refractivity (Wildman–Crippen MR) is 87.5 cm³/mol. The number of sulfone groups is 1. The maximum atomic E-state index is 11.8. The Balaban J connectivity index is 2.54. The van der Waals surface area contributed by atoms with Gasteiger partial charge in [0.1, 0.15) is 15.6 Å². The van der Waals surface area contributed by atoms with Gasteiger partial charge < -0.3 is 4.74 Å². The zero-order chi connectivity index (χ0) is 15.0. The van der Waals surface area contributed by atoms with Crippen LogP contribution in [-0.2, 0) is 16.3 Å². The molecule has 0 heterocycles. The molecule has 1 rings (SSSR count). The first-order valence-electron chi connectivity index (χ1n) is 6.90. The monoisotopic (exact) mass is 362 g/mol. The van der Waals surface area contributed by atoms with E-state index < -0.39 is 9.84 Å². The lowest BCUT2D eigenvalue weighted by molar-refractivity contribution is 0.414. The zero-order valence-corrected chi connectivity index (χ0v) is 14.5. The van der Waals surface area contributed by atoms with Gasteiger partial charge in [-0.3, -0.25) is 0 Å². The molecule has 0 amide bonds. The van der Waals surface area contributed by atoms with Gasteiger partial charge in [-0.2, -0.15) is 0 Å². The summed E-state index contributed by atoms with van der Waals surface area (Å²) in [6.45, 7) is 1.90. The Hall–Kier alpha value is -0.550. The molecular weight excluding hydrogens is 340 g/mol. The van der Waals surface area contributed by atoms with Crippen molar-refractivity contribution in [3.63, 3.8) is 0 Å². The Bertz CT molecular complexity index is 482. The van der Waals surface area contributed by atoms with Gasteiger partial charge in [0.05, 0.1) is 12.9 Å². The standard InChI is InChI=1S/C15H23BrO3S/c1-3-9-20(17,18)10-8-14(12-16)11-13-4-6-15(19-2)7-5-13/h4-7,14H,3,8-12H2,1-2H3. The Kier molecular flexibility index (Phi) is 7.59. The number of benzene rings is 1. The zero-order valence-electron chi connectivity index (χ0n) is 12.1. The van der Waals surface area contributed by atoms with Crippen molar-refractivity contribution in [2.75, 3.05) is 23.9 Å². The van der Waals surface area contributed by atoms with E-state index in [4.69, 9.17) is 4.74 Å². The summed E-state index contributed by atoms with van der Waals surface area (Å²) in [7, 11) is -1.23. The van der Waals surface area contributed by atoms with E-state index in [1.807, 2.05) is 31.2 Å². The molecule has 0 aromatic heterocycles. The van der Waals surface area contributed by atoms with E-state index in [1.165, 1.54) is 5.56 Å². The molecule has 5 heteroatoms. The van der Waals surface area contributed by atoms with Crippen molar-refractivity contribution in [3.05, 3.63) is 29.8 Å². The molecule has 0 aliphatic rings. The summed E-state index contributed by atoms with van der Waals surface area (Å²) in [4.78, 5) is 0. The Morgan fingerprint density at radius 1 is 1.20 bits per heavy atom. The highest BCUT2D eigenvalue weighted by molar-refractivity contribution is 9.09. The second-order valence-corrected chi connectivity index (χ2v) is 7.96. The van der Waals surface area contributed by atoms with Gasteiger partial charge in [0.25, 0.3) is 0 Å². The molecule has 0 aliphatic carbocycles. The maximum absolute atomic E-state index is 11.8. The quantitative estimate of drug-likeness (QED) is 0.631. The average molecular weight is 363 g/mol. The molecule has 1 aromatic rings. The number of methoxy groups -OCH3 is 1. The van der Waals surface area contributed by atoms with Crippen molar-refractivity contribution >= 4 is 25.8 Å². The van der Waals surface area contributed by atoms with Crippen LogP contribution in [0.3, 0.4) is 0 Å². The largest absolute Gasteiger partial charge is 0.497 e. The van der Waals surface area contributed by atoms with Gasteiger partial charge in [-0.05, 0) is 42.9 Å². The second-order valence-electron chi connectivity index (χ2n) is 5.01. The Morgan fingerprint density at radius 3 is 2.35 bits per heavy atom. The topological polar surface area (TPSA) is 43.4 Å². The third-order valence-corrected chi connectivity index (χ3v) is 6.06. The van der Waals surface area contributed by atoms with Crippen molar-refractivity contribution in [1.82, 2.24) is 0 Å². The average Bonchev–Trinajstić information content (AvgIpc) is 2.44. The molecule has 0 fully saturated rings. The van der Waals surface area contributed by atoms with Crippen molar-refractivity contribution < 1.29 is 13.2 Å². The van der Waals surface area contributed by atoms with Gasteiger partial charge in [0, 0.05) is 11.1 Å². The van der Waals surface area contributed by atoms with E-state index in [0.717, 1.165) is 17.5 Å². The molecule has 1 aromatic carbocycles. The number of alkyl halides is 1. The molecule has 0 saturated heterocycles. The first kappa shape index (κ1) is 17.5. The number of ether oxygens (including phenoxy) is 1. The first-order chi connectivity index (χ1) is 9.50. The van der Waals surface area contributed by atoms with E-state index in [-0.39, 0.29) is 5.75 Å². The van der Waals surface area contributed by atoms with Gasteiger partial charge in [-0.25, -0.2) is 8.42 Å². The molecule has 0 radical (unpaired) electrons. The molecule has 3 nitrogen and oxygen atoms in total. The number of hydrogen-bond donors (Lipinski definition) is 0. The fraction of sp³-hybridized carbons (Fsp3) is 0.600. The lowest BCUT2D eigenvalue weighted by Gasteiger charge is -2.14. The summed E-state index contributed by atoms with van der Waals surface area (Å²) in [6.07, 6.45) is 2.29. The first-order valence-corrected chi connectivity index (χ1v) is 9.84. The second kappa shape index (κ2) is 8.67. The van der Waals surface area contributed by atoms with Crippen LogP contribution in [0.4, 0.5) is 0 Å². The normalized spacial score (nSPS) is 13.2. The van der Waals surface area contributed by atoms with Crippen LogP contribution in [0.2, 0.25) is 0 Å². The summed E-state index contributed by atoms with van der Waals surface area (Å²) >= 11 is 3.49. The van der Waals surface area contributed by atoms with Crippen LogP contribution >= 0.6 is 15.9 Å². The minimum Gasteiger partial charge on any atom is -0.497 e. The van der Waals surface area contributed by atoms with Crippen molar-refractivity contribution in [3.8, 4) is 5.75 Å². The van der Waals surface area contributed by atoms with E-state index in [2.05, 4.69) is 15.9 Å². The van der Waals surface area contributed by atoms with Gasteiger partial charge >= 0.3 is 0 Å². The lowest BCUT2D eigenvalue weighted by atomic mass is 9.99. The van der Waals surface area contributed by atoms with Gasteiger partial charge in [-0.15, -0.1) is 0 Å². The summed E-state index contributed by atoms with van der Waals surface area (Å²) < 4.78 is 28.6.